The topological polar surface area (TPSA) is 116 Å². The van der Waals surface area contributed by atoms with E-state index in [1.807, 2.05) is 0 Å². The summed E-state index contributed by atoms with van der Waals surface area (Å²) in [5.74, 6) is -1.77. The number of para-hydroxylation sites is 2. The van der Waals surface area contributed by atoms with Gasteiger partial charge >= 0.3 is 11.9 Å². The molecule has 4 aromatic rings. The van der Waals surface area contributed by atoms with Crippen LogP contribution in [0.15, 0.2) is 53.3 Å². The lowest BCUT2D eigenvalue weighted by atomic mass is 9.99. The zero-order valence-electron chi connectivity index (χ0n) is 18.4. The van der Waals surface area contributed by atoms with E-state index in [0.29, 0.717) is 35.2 Å². The second-order valence-electron chi connectivity index (χ2n) is 8.66. The molecule has 2 atom stereocenters. The number of aromatic amines is 2. The summed E-state index contributed by atoms with van der Waals surface area (Å²) in [7, 11) is 0. The van der Waals surface area contributed by atoms with E-state index in [9.17, 15) is 27.9 Å². The SMILES string of the molecule is O=C(NC1CCCC1c1[nH]c(=O)[nH]c1O)c1ccc(Cn2c(C(F)(F)F)nc3ccccc32)cc1. The number of alkyl halides is 3. The van der Waals surface area contributed by atoms with E-state index in [-0.39, 0.29) is 35.8 Å². The fourth-order valence-corrected chi connectivity index (χ4v) is 4.78. The number of hydrogen-bond donors (Lipinski definition) is 4. The standard InChI is InChI=1S/C24H22F3N5O3/c25-24(26,27)22-29-17-5-1-2-7-18(17)32(22)12-13-8-10-14(11-9-13)20(33)28-16-6-3-4-15(16)19-21(34)31-23(35)30-19/h1-2,5,7-11,15-16,34H,3-4,6,12H2,(H,28,33)(H2,30,31,35). The molecule has 0 aliphatic heterocycles. The van der Waals surface area contributed by atoms with Gasteiger partial charge in [0.15, 0.2) is 0 Å². The quantitative estimate of drug-likeness (QED) is 0.343. The Kier molecular flexibility index (Phi) is 5.62. The smallest absolute Gasteiger partial charge is 0.449 e. The van der Waals surface area contributed by atoms with Crippen molar-refractivity contribution in [2.75, 3.05) is 0 Å². The number of carbonyl (C=O) groups is 1. The van der Waals surface area contributed by atoms with Crippen LogP contribution in [0.25, 0.3) is 11.0 Å². The Labute approximate surface area is 196 Å². The molecule has 0 radical (unpaired) electrons. The molecular formula is C24H22F3N5O3. The van der Waals surface area contributed by atoms with Gasteiger partial charge in [-0.25, -0.2) is 9.78 Å². The van der Waals surface area contributed by atoms with Crippen LogP contribution in [-0.2, 0) is 12.7 Å². The molecule has 1 aliphatic rings. The van der Waals surface area contributed by atoms with Crippen molar-refractivity contribution in [3.05, 3.63) is 81.7 Å². The second kappa shape index (κ2) is 8.64. The van der Waals surface area contributed by atoms with Crippen LogP contribution in [0.3, 0.4) is 0 Å². The molecule has 2 heterocycles. The van der Waals surface area contributed by atoms with Gasteiger partial charge in [0.1, 0.15) is 0 Å². The van der Waals surface area contributed by atoms with E-state index in [2.05, 4.69) is 20.3 Å². The molecule has 4 N–H and O–H groups in total. The maximum absolute atomic E-state index is 13.6. The number of H-pyrrole nitrogens is 2. The van der Waals surface area contributed by atoms with Crippen LogP contribution < -0.4 is 11.0 Å². The lowest BCUT2D eigenvalue weighted by molar-refractivity contribution is -0.146. The van der Waals surface area contributed by atoms with Crippen molar-refractivity contribution < 1.29 is 23.1 Å². The number of imidazole rings is 2. The number of aromatic nitrogens is 4. The Balaban J connectivity index is 1.33. The number of hydrogen-bond acceptors (Lipinski definition) is 4. The Morgan fingerprint density at radius 3 is 2.54 bits per heavy atom. The fraction of sp³-hybridized carbons (Fsp3) is 0.292. The van der Waals surface area contributed by atoms with Crippen LogP contribution in [0.1, 0.15) is 52.6 Å². The maximum Gasteiger partial charge on any atom is 0.449 e. The molecular weight excluding hydrogens is 463 g/mol. The molecule has 0 bridgehead atoms. The Bertz CT molecular complexity index is 1440. The fourth-order valence-electron chi connectivity index (χ4n) is 4.78. The molecule has 0 saturated heterocycles. The predicted octanol–water partition coefficient (Wildman–Crippen LogP) is 3.89. The zero-order chi connectivity index (χ0) is 24.7. The monoisotopic (exact) mass is 485 g/mol. The zero-order valence-corrected chi connectivity index (χ0v) is 18.4. The number of rotatable bonds is 5. The van der Waals surface area contributed by atoms with Crippen LogP contribution in [0.5, 0.6) is 5.88 Å². The lowest BCUT2D eigenvalue weighted by Gasteiger charge is -2.20. The molecule has 5 rings (SSSR count). The van der Waals surface area contributed by atoms with Crippen LogP contribution in [0, 0.1) is 0 Å². The average Bonchev–Trinajstić information content (AvgIpc) is 3.51. The van der Waals surface area contributed by atoms with Crippen molar-refractivity contribution in [1.29, 1.82) is 0 Å². The minimum atomic E-state index is -4.60. The predicted molar refractivity (Wildman–Crippen MR) is 121 cm³/mol. The van der Waals surface area contributed by atoms with Crippen molar-refractivity contribution in [2.45, 2.75) is 43.9 Å². The van der Waals surface area contributed by atoms with Crippen LogP contribution in [0.4, 0.5) is 13.2 Å². The highest BCUT2D eigenvalue weighted by Crippen LogP contribution is 2.36. The minimum Gasteiger partial charge on any atom is -0.493 e. The summed E-state index contributed by atoms with van der Waals surface area (Å²) in [4.78, 5) is 33.0. The molecule has 11 heteroatoms. The van der Waals surface area contributed by atoms with E-state index in [4.69, 9.17) is 0 Å². The summed E-state index contributed by atoms with van der Waals surface area (Å²) in [5, 5.41) is 12.9. The van der Waals surface area contributed by atoms with E-state index in [1.54, 1.807) is 42.5 Å². The van der Waals surface area contributed by atoms with Crippen molar-refractivity contribution >= 4 is 16.9 Å². The van der Waals surface area contributed by atoms with Gasteiger partial charge in [0, 0.05) is 24.1 Å². The largest absolute Gasteiger partial charge is 0.493 e. The number of halogens is 3. The Morgan fingerprint density at radius 1 is 1.11 bits per heavy atom. The molecule has 1 fully saturated rings. The van der Waals surface area contributed by atoms with E-state index < -0.39 is 17.7 Å². The number of carbonyl (C=O) groups excluding carboxylic acids is 1. The first kappa shape index (κ1) is 22.8. The molecule has 1 amide bonds. The highest BCUT2D eigenvalue weighted by Gasteiger charge is 2.37. The number of benzene rings is 2. The summed E-state index contributed by atoms with van der Waals surface area (Å²) >= 11 is 0. The third-order valence-electron chi connectivity index (χ3n) is 6.40. The number of nitrogens with zero attached hydrogens (tertiary/aromatic N) is 2. The second-order valence-corrected chi connectivity index (χ2v) is 8.66. The molecule has 1 saturated carbocycles. The van der Waals surface area contributed by atoms with Gasteiger partial charge in [-0.1, -0.05) is 30.7 Å². The van der Waals surface area contributed by atoms with Gasteiger partial charge in [0.2, 0.25) is 11.7 Å². The van der Waals surface area contributed by atoms with Gasteiger partial charge in [-0.3, -0.25) is 9.78 Å². The molecule has 2 aromatic carbocycles. The summed E-state index contributed by atoms with van der Waals surface area (Å²) in [5.41, 5.74) is 1.45. The van der Waals surface area contributed by atoms with E-state index in [0.717, 1.165) is 11.0 Å². The van der Waals surface area contributed by atoms with Gasteiger partial charge < -0.3 is 20.0 Å². The average molecular weight is 485 g/mol. The van der Waals surface area contributed by atoms with Gasteiger partial charge in [0.25, 0.3) is 5.91 Å². The number of fused-ring (bicyclic) bond motifs is 1. The Hall–Kier alpha value is -4.02. The molecule has 8 nitrogen and oxygen atoms in total. The van der Waals surface area contributed by atoms with E-state index >= 15 is 0 Å². The summed E-state index contributed by atoms with van der Waals surface area (Å²) in [6, 6.07) is 12.5. The molecule has 35 heavy (non-hydrogen) atoms. The van der Waals surface area contributed by atoms with Gasteiger partial charge in [-0.15, -0.1) is 0 Å². The molecule has 2 aromatic heterocycles. The number of amides is 1. The van der Waals surface area contributed by atoms with Crippen molar-refractivity contribution in [3.8, 4) is 5.88 Å². The first-order chi connectivity index (χ1) is 16.7. The lowest BCUT2D eigenvalue weighted by Crippen LogP contribution is -2.36. The van der Waals surface area contributed by atoms with Crippen LogP contribution in [-0.4, -0.2) is 36.6 Å². The summed E-state index contributed by atoms with van der Waals surface area (Å²) < 4.78 is 41.8. The normalized spacial score (nSPS) is 18.3. The highest BCUT2D eigenvalue weighted by molar-refractivity contribution is 5.94. The molecule has 0 spiro atoms. The summed E-state index contributed by atoms with van der Waals surface area (Å²) in [6.45, 7) is -0.0535. The molecule has 2 unspecified atom stereocenters. The maximum atomic E-state index is 13.6. The first-order valence-electron chi connectivity index (χ1n) is 11.1. The summed E-state index contributed by atoms with van der Waals surface area (Å²) in [6.07, 6.45) is -2.39. The first-order valence-corrected chi connectivity index (χ1v) is 11.1. The van der Waals surface area contributed by atoms with Gasteiger partial charge in [-0.05, 0) is 42.7 Å². The van der Waals surface area contributed by atoms with Crippen molar-refractivity contribution in [1.82, 2.24) is 24.8 Å². The number of nitrogens with one attached hydrogen (secondary N) is 3. The Morgan fingerprint density at radius 2 is 1.86 bits per heavy atom. The third kappa shape index (κ3) is 4.41. The number of aromatic hydroxyl groups is 1. The van der Waals surface area contributed by atoms with Crippen molar-refractivity contribution in [2.24, 2.45) is 0 Å². The minimum absolute atomic E-state index is 0.0535. The van der Waals surface area contributed by atoms with Crippen LogP contribution >= 0.6 is 0 Å². The van der Waals surface area contributed by atoms with E-state index in [1.165, 1.54) is 6.07 Å². The van der Waals surface area contributed by atoms with Crippen LogP contribution in [0.2, 0.25) is 0 Å². The highest BCUT2D eigenvalue weighted by atomic mass is 19.4. The molecule has 1 aliphatic carbocycles. The van der Waals surface area contributed by atoms with Gasteiger partial charge in [-0.2, -0.15) is 13.2 Å². The third-order valence-corrected chi connectivity index (χ3v) is 6.40. The van der Waals surface area contributed by atoms with Gasteiger partial charge in [0.05, 0.1) is 16.7 Å². The molecule has 182 valence electrons. The van der Waals surface area contributed by atoms with Crippen molar-refractivity contribution in [3.63, 3.8) is 0 Å².